The minimum absolute atomic E-state index is 0.208. The summed E-state index contributed by atoms with van der Waals surface area (Å²) in [5.74, 6) is 2.52. The fourth-order valence-electron chi connectivity index (χ4n) is 4.88. The molecule has 2 aliphatic heterocycles. The number of hydrogen-bond donors (Lipinski definition) is 0. The Hall–Kier alpha value is -3.13. The molecule has 0 unspecified atom stereocenters. The van der Waals surface area contributed by atoms with Gasteiger partial charge in [0, 0.05) is 31.9 Å². The molecule has 0 aliphatic carbocycles. The van der Waals surface area contributed by atoms with Crippen molar-refractivity contribution in [3.63, 3.8) is 0 Å². The minimum Gasteiger partial charge on any atom is -0.454 e. The topological polar surface area (TPSA) is 68.5 Å². The highest BCUT2D eigenvalue weighted by Gasteiger charge is 2.29. The lowest BCUT2D eigenvalue weighted by Gasteiger charge is -2.40. The second kappa shape index (κ2) is 9.39. The number of aromatic nitrogens is 4. The van der Waals surface area contributed by atoms with E-state index in [0.717, 1.165) is 61.9 Å². The molecule has 0 radical (unpaired) electrons. The molecule has 0 saturated carbocycles. The van der Waals surface area contributed by atoms with Gasteiger partial charge in [-0.25, -0.2) is 4.68 Å². The molecule has 33 heavy (non-hydrogen) atoms. The van der Waals surface area contributed by atoms with Crippen LogP contribution in [0.1, 0.15) is 48.3 Å². The van der Waals surface area contributed by atoms with Gasteiger partial charge in [-0.1, -0.05) is 31.5 Å². The lowest BCUT2D eigenvalue weighted by Crippen LogP contribution is -2.48. The number of aryl methyl sites for hydroxylation is 1. The molecule has 0 N–H and O–H groups in total. The van der Waals surface area contributed by atoms with Crippen LogP contribution >= 0.6 is 0 Å². The second-order valence-corrected chi connectivity index (χ2v) is 8.93. The van der Waals surface area contributed by atoms with Crippen LogP contribution in [0.15, 0.2) is 36.4 Å². The van der Waals surface area contributed by atoms with Crippen LogP contribution in [0.5, 0.6) is 11.5 Å². The summed E-state index contributed by atoms with van der Waals surface area (Å²) in [6.07, 6.45) is 2.11. The van der Waals surface area contributed by atoms with Gasteiger partial charge < -0.3 is 14.4 Å². The van der Waals surface area contributed by atoms with Crippen molar-refractivity contribution in [3.8, 4) is 11.5 Å². The molecule has 0 spiro atoms. The van der Waals surface area contributed by atoms with Crippen LogP contribution in [0.4, 0.5) is 5.69 Å². The lowest BCUT2D eigenvalue weighted by molar-refractivity contribution is 0.164. The molecule has 174 valence electrons. The predicted molar refractivity (Wildman–Crippen MR) is 127 cm³/mol. The number of tetrazole rings is 1. The first-order valence-electron chi connectivity index (χ1n) is 11.8. The zero-order valence-corrected chi connectivity index (χ0v) is 19.7. The molecular formula is C25H32N6O2. The largest absolute Gasteiger partial charge is 0.454 e. The molecule has 2 aromatic carbocycles. The second-order valence-electron chi connectivity index (χ2n) is 8.93. The van der Waals surface area contributed by atoms with Crippen molar-refractivity contribution in [1.29, 1.82) is 0 Å². The van der Waals surface area contributed by atoms with Gasteiger partial charge in [0.15, 0.2) is 17.3 Å². The predicted octanol–water partition coefficient (Wildman–Crippen LogP) is 3.73. The van der Waals surface area contributed by atoms with Crippen LogP contribution < -0.4 is 14.4 Å². The van der Waals surface area contributed by atoms with Gasteiger partial charge in [0.2, 0.25) is 6.79 Å². The maximum Gasteiger partial charge on any atom is 0.231 e. The Balaban J connectivity index is 1.31. The van der Waals surface area contributed by atoms with E-state index >= 15 is 0 Å². The molecule has 5 rings (SSSR count). The standard InChI is InChI=1S/C25H32N6O2/c1-4-6-22(30-13-11-29(12-14-30)21-8-5-7-18(2)19(21)3)25-26-27-28-31(25)16-20-9-10-23-24(15-20)33-17-32-23/h5,7-10,15,22H,4,6,11-14,16-17H2,1-3H3/t22-/m1/s1. The van der Waals surface area contributed by atoms with Gasteiger partial charge in [0.05, 0.1) is 12.6 Å². The minimum atomic E-state index is 0.208. The van der Waals surface area contributed by atoms with Gasteiger partial charge in [-0.3, -0.25) is 4.90 Å². The van der Waals surface area contributed by atoms with Gasteiger partial charge >= 0.3 is 0 Å². The molecule has 1 atom stereocenters. The normalized spacial score (nSPS) is 16.9. The van der Waals surface area contributed by atoms with Crippen molar-refractivity contribution in [2.24, 2.45) is 0 Å². The van der Waals surface area contributed by atoms with Gasteiger partial charge in [-0.15, -0.1) is 5.10 Å². The third-order valence-electron chi connectivity index (χ3n) is 6.86. The Bertz CT molecular complexity index is 1110. The quantitative estimate of drug-likeness (QED) is 0.545. The Morgan fingerprint density at radius 1 is 1.00 bits per heavy atom. The number of ether oxygens (including phenoxy) is 2. The van der Waals surface area contributed by atoms with E-state index in [4.69, 9.17) is 9.47 Å². The summed E-state index contributed by atoms with van der Waals surface area (Å²) in [6, 6.07) is 12.8. The zero-order valence-electron chi connectivity index (χ0n) is 19.7. The smallest absolute Gasteiger partial charge is 0.231 e. The van der Waals surface area contributed by atoms with E-state index < -0.39 is 0 Å². The van der Waals surface area contributed by atoms with Crippen LogP contribution in [0.3, 0.4) is 0 Å². The van der Waals surface area contributed by atoms with Gasteiger partial charge in [0.25, 0.3) is 0 Å². The molecule has 2 aliphatic rings. The third-order valence-corrected chi connectivity index (χ3v) is 6.86. The summed E-state index contributed by atoms with van der Waals surface area (Å²) in [5, 5.41) is 12.8. The Labute approximate surface area is 195 Å². The molecule has 8 heteroatoms. The SMILES string of the molecule is CCC[C@H](c1nnnn1Cc1ccc2c(c1)OCO2)N1CCN(c2cccc(C)c2C)CC1. The number of rotatable bonds is 7. The fourth-order valence-corrected chi connectivity index (χ4v) is 4.88. The Morgan fingerprint density at radius 3 is 2.64 bits per heavy atom. The number of benzene rings is 2. The van der Waals surface area contributed by atoms with Gasteiger partial charge in [-0.05, 0) is 65.6 Å². The molecule has 8 nitrogen and oxygen atoms in total. The van der Waals surface area contributed by atoms with E-state index in [2.05, 4.69) is 70.4 Å². The Kier molecular flexibility index (Phi) is 6.17. The van der Waals surface area contributed by atoms with Crippen LogP contribution in [0.2, 0.25) is 0 Å². The Morgan fingerprint density at radius 2 is 1.82 bits per heavy atom. The van der Waals surface area contributed by atoms with E-state index in [0.29, 0.717) is 6.54 Å². The van der Waals surface area contributed by atoms with Crippen LogP contribution in [0.25, 0.3) is 0 Å². The number of hydrogen-bond acceptors (Lipinski definition) is 7. The molecular weight excluding hydrogens is 416 g/mol. The summed E-state index contributed by atoms with van der Waals surface area (Å²) in [4.78, 5) is 5.06. The van der Waals surface area contributed by atoms with Crippen LogP contribution in [-0.4, -0.2) is 58.1 Å². The first-order valence-corrected chi connectivity index (χ1v) is 11.8. The van der Waals surface area contributed by atoms with Crippen molar-refractivity contribution in [2.45, 2.75) is 46.2 Å². The first kappa shape index (κ1) is 21.7. The highest BCUT2D eigenvalue weighted by Crippen LogP contribution is 2.33. The molecule has 0 bridgehead atoms. The summed E-state index contributed by atoms with van der Waals surface area (Å²) in [5.41, 5.74) is 5.18. The fraction of sp³-hybridized carbons (Fsp3) is 0.480. The number of piperazine rings is 1. The number of nitrogens with zero attached hydrogens (tertiary/aromatic N) is 6. The zero-order chi connectivity index (χ0) is 22.8. The molecule has 3 aromatic rings. The summed E-state index contributed by atoms with van der Waals surface area (Å²) in [6.45, 7) is 11.5. The monoisotopic (exact) mass is 448 g/mol. The average molecular weight is 449 g/mol. The summed E-state index contributed by atoms with van der Waals surface area (Å²) >= 11 is 0. The van der Waals surface area contributed by atoms with E-state index in [9.17, 15) is 0 Å². The highest BCUT2D eigenvalue weighted by molar-refractivity contribution is 5.56. The van der Waals surface area contributed by atoms with E-state index in [-0.39, 0.29) is 12.8 Å². The van der Waals surface area contributed by atoms with Crippen molar-refractivity contribution < 1.29 is 9.47 Å². The maximum atomic E-state index is 5.54. The van der Waals surface area contributed by atoms with Crippen LogP contribution in [-0.2, 0) is 6.54 Å². The van der Waals surface area contributed by atoms with Crippen molar-refractivity contribution in [3.05, 3.63) is 58.9 Å². The highest BCUT2D eigenvalue weighted by atomic mass is 16.7. The van der Waals surface area contributed by atoms with Crippen molar-refractivity contribution in [1.82, 2.24) is 25.1 Å². The molecule has 0 amide bonds. The summed E-state index contributed by atoms with van der Waals surface area (Å²) in [7, 11) is 0. The van der Waals surface area contributed by atoms with E-state index in [1.54, 1.807) is 0 Å². The van der Waals surface area contributed by atoms with E-state index in [1.165, 1.54) is 16.8 Å². The molecule has 1 fully saturated rings. The maximum absolute atomic E-state index is 5.54. The first-order chi connectivity index (χ1) is 16.1. The van der Waals surface area contributed by atoms with Crippen LogP contribution in [0, 0.1) is 13.8 Å². The third kappa shape index (κ3) is 4.39. The molecule has 3 heterocycles. The van der Waals surface area contributed by atoms with Crippen molar-refractivity contribution in [2.75, 3.05) is 37.9 Å². The van der Waals surface area contributed by atoms with Gasteiger partial charge in [-0.2, -0.15) is 0 Å². The number of anilines is 1. The lowest BCUT2D eigenvalue weighted by atomic mass is 10.1. The summed E-state index contributed by atoms with van der Waals surface area (Å²) < 4.78 is 12.9. The van der Waals surface area contributed by atoms with Gasteiger partial charge in [0.1, 0.15) is 0 Å². The number of fused-ring (bicyclic) bond motifs is 1. The van der Waals surface area contributed by atoms with E-state index in [1.807, 2.05) is 16.8 Å². The average Bonchev–Trinajstić information content (AvgIpc) is 3.49. The molecule has 1 saturated heterocycles. The molecule has 1 aromatic heterocycles. The van der Waals surface area contributed by atoms with Crippen molar-refractivity contribution >= 4 is 5.69 Å².